The van der Waals surface area contributed by atoms with Gasteiger partial charge in [-0.25, -0.2) is 4.39 Å². The molecular formula is C33H45F. The Bertz CT molecular complexity index is 904. The van der Waals surface area contributed by atoms with Gasteiger partial charge in [0.15, 0.2) is 0 Å². The van der Waals surface area contributed by atoms with Crippen molar-refractivity contribution in [2.24, 2.45) is 11.8 Å². The molecule has 0 amide bonds. The average Bonchev–Trinajstić information content (AvgIpc) is 2.89. The third-order valence-electron chi connectivity index (χ3n) is 9.98. The van der Waals surface area contributed by atoms with Crippen molar-refractivity contribution in [2.75, 3.05) is 0 Å². The molecule has 2 aromatic carbocycles. The normalized spacial score (nSPS) is 32.4. The minimum atomic E-state index is 0.0571. The molecule has 0 aliphatic heterocycles. The highest BCUT2D eigenvalue weighted by atomic mass is 19.1. The van der Waals surface area contributed by atoms with Gasteiger partial charge in [0, 0.05) is 0 Å². The topological polar surface area (TPSA) is 0 Å². The summed E-state index contributed by atoms with van der Waals surface area (Å²) in [7, 11) is 0. The minimum absolute atomic E-state index is 0.0571. The molecule has 0 N–H and O–H groups in total. The van der Waals surface area contributed by atoms with Crippen molar-refractivity contribution in [3.63, 3.8) is 0 Å². The number of rotatable bonds is 5. The smallest absolute Gasteiger partial charge is 0.126 e. The minimum Gasteiger partial charge on any atom is -0.207 e. The third kappa shape index (κ3) is 5.44. The SMILES string of the molecule is CCC1CCC(c2ccc(C3CCC(c4ccc(C5CCC(C)CC5)cc4F)CC3)cc2)CC1. The van der Waals surface area contributed by atoms with Gasteiger partial charge < -0.3 is 0 Å². The van der Waals surface area contributed by atoms with Gasteiger partial charge in [0.05, 0.1) is 0 Å². The average molecular weight is 461 g/mol. The lowest BCUT2D eigenvalue weighted by Crippen LogP contribution is -2.15. The van der Waals surface area contributed by atoms with E-state index in [1.807, 2.05) is 6.07 Å². The molecule has 184 valence electrons. The highest BCUT2D eigenvalue weighted by Crippen LogP contribution is 2.43. The van der Waals surface area contributed by atoms with Crippen molar-refractivity contribution in [1.82, 2.24) is 0 Å². The Morgan fingerprint density at radius 1 is 0.588 bits per heavy atom. The number of benzene rings is 2. The molecule has 3 aliphatic carbocycles. The largest absolute Gasteiger partial charge is 0.207 e. The molecule has 0 nitrogen and oxygen atoms in total. The Morgan fingerprint density at radius 3 is 1.56 bits per heavy atom. The van der Waals surface area contributed by atoms with Crippen molar-refractivity contribution < 1.29 is 4.39 Å². The lowest BCUT2D eigenvalue weighted by Gasteiger charge is -2.31. The molecule has 0 atom stereocenters. The summed E-state index contributed by atoms with van der Waals surface area (Å²) in [5.41, 5.74) is 5.28. The van der Waals surface area contributed by atoms with E-state index >= 15 is 4.39 Å². The second-order valence-corrected chi connectivity index (χ2v) is 12.1. The van der Waals surface area contributed by atoms with Crippen LogP contribution < -0.4 is 0 Å². The van der Waals surface area contributed by atoms with Crippen molar-refractivity contribution in [2.45, 2.75) is 121 Å². The summed E-state index contributed by atoms with van der Waals surface area (Å²) in [4.78, 5) is 0. The fourth-order valence-corrected chi connectivity index (χ4v) is 7.40. The summed E-state index contributed by atoms with van der Waals surface area (Å²) in [5, 5.41) is 0. The zero-order chi connectivity index (χ0) is 23.5. The maximum absolute atomic E-state index is 15.2. The molecule has 0 spiro atoms. The monoisotopic (exact) mass is 460 g/mol. The van der Waals surface area contributed by atoms with Gasteiger partial charge in [0.25, 0.3) is 0 Å². The van der Waals surface area contributed by atoms with Crippen LogP contribution in [0.15, 0.2) is 42.5 Å². The summed E-state index contributed by atoms with van der Waals surface area (Å²) in [5.74, 6) is 4.24. The quantitative estimate of drug-likeness (QED) is 0.416. The lowest BCUT2D eigenvalue weighted by molar-refractivity contribution is 0.318. The van der Waals surface area contributed by atoms with E-state index in [2.05, 4.69) is 50.2 Å². The maximum Gasteiger partial charge on any atom is 0.126 e. The zero-order valence-corrected chi connectivity index (χ0v) is 21.6. The Balaban J connectivity index is 1.16. The first-order valence-corrected chi connectivity index (χ1v) is 14.5. The van der Waals surface area contributed by atoms with Crippen LogP contribution in [0.25, 0.3) is 0 Å². The van der Waals surface area contributed by atoms with Crippen LogP contribution in [-0.2, 0) is 0 Å². The number of hydrogen-bond donors (Lipinski definition) is 0. The van der Waals surface area contributed by atoms with E-state index in [0.29, 0.717) is 17.8 Å². The molecule has 0 radical (unpaired) electrons. The molecule has 5 rings (SSSR count). The Hall–Kier alpha value is -1.63. The molecule has 2 aromatic rings. The molecule has 0 aromatic heterocycles. The van der Waals surface area contributed by atoms with E-state index in [1.165, 1.54) is 81.8 Å². The summed E-state index contributed by atoms with van der Waals surface area (Å²) < 4.78 is 15.2. The van der Waals surface area contributed by atoms with Crippen LogP contribution in [0.3, 0.4) is 0 Å². The van der Waals surface area contributed by atoms with Gasteiger partial charge in [-0.3, -0.25) is 0 Å². The van der Waals surface area contributed by atoms with Crippen LogP contribution in [0.5, 0.6) is 0 Å². The first-order chi connectivity index (χ1) is 16.6. The summed E-state index contributed by atoms with van der Waals surface area (Å²) >= 11 is 0. The van der Waals surface area contributed by atoms with Crippen LogP contribution in [-0.4, -0.2) is 0 Å². The van der Waals surface area contributed by atoms with E-state index in [0.717, 1.165) is 36.2 Å². The molecule has 0 bridgehead atoms. The molecular weight excluding hydrogens is 415 g/mol. The van der Waals surface area contributed by atoms with Gasteiger partial charge in [-0.15, -0.1) is 0 Å². The molecule has 3 fully saturated rings. The van der Waals surface area contributed by atoms with Crippen LogP contribution in [0.4, 0.5) is 4.39 Å². The van der Waals surface area contributed by atoms with Crippen LogP contribution in [0.1, 0.15) is 143 Å². The Morgan fingerprint density at radius 2 is 1.03 bits per heavy atom. The van der Waals surface area contributed by atoms with E-state index in [-0.39, 0.29) is 5.82 Å². The maximum atomic E-state index is 15.2. The molecule has 34 heavy (non-hydrogen) atoms. The van der Waals surface area contributed by atoms with Crippen molar-refractivity contribution in [3.8, 4) is 0 Å². The van der Waals surface area contributed by atoms with Gasteiger partial charge in [-0.2, -0.15) is 0 Å². The molecule has 3 aliphatic rings. The van der Waals surface area contributed by atoms with Crippen LogP contribution in [0, 0.1) is 17.7 Å². The molecule has 0 saturated heterocycles. The molecule has 1 heteroatoms. The van der Waals surface area contributed by atoms with Crippen LogP contribution in [0.2, 0.25) is 0 Å². The second-order valence-electron chi connectivity index (χ2n) is 12.1. The number of halogens is 1. The van der Waals surface area contributed by atoms with Crippen molar-refractivity contribution in [1.29, 1.82) is 0 Å². The van der Waals surface area contributed by atoms with Crippen molar-refractivity contribution in [3.05, 3.63) is 70.5 Å². The second kappa shape index (κ2) is 11.0. The summed E-state index contributed by atoms with van der Waals surface area (Å²) in [6, 6.07) is 15.9. The van der Waals surface area contributed by atoms with E-state index in [1.54, 1.807) is 5.56 Å². The third-order valence-corrected chi connectivity index (χ3v) is 9.98. The Kier molecular flexibility index (Phi) is 7.77. The zero-order valence-electron chi connectivity index (χ0n) is 21.6. The van der Waals surface area contributed by atoms with E-state index < -0.39 is 0 Å². The van der Waals surface area contributed by atoms with Gasteiger partial charge in [0.2, 0.25) is 0 Å². The Labute approximate surface area is 207 Å². The fraction of sp³-hybridized carbons (Fsp3) is 0.636. The highest BCUT2D eigenvalue weighted by Gasteiger charge is 2.27. The standard InChI is InChI=1S/C33H45F/c1-3-24-6-10-25(11-7-24)26-12-14-27(15-13-26)28-16-18-30(19-17-28)32-21-20-31(22-33(32)34)29-8-4-23(2)5-9-29/h12-15,20-25,28-30H,3-11,16-19H2,1-2H3. The summed E-state index contributed by atoms with van der Waals surface area (Å²) in [6.07, 6.45) is 16.5. The highest BCUT2D eigenvalue weighted by molar-refractivity contribution is 5.32. The van der Waals surface area contributed by atoms with Crippen LogP contribution >= 0.6 is 0 Å². The van der Waals surface area contributed by atoms with E-state index in [9.17, 15) is 0 Å². The fourth-order valence-electron chi connectivity index (χ4n) is 7.40. The first-order valence-electron chi connectivity index (χ1n) is 14.5. The summed E-state index contributed by atoms with van der Waals surface area (Å²) in [6.45, 7) is 4.69. The van der Waals surface area contributed by atoms with Gasteiger partial charge in [-0.1, -0.05) is 69.5 Å². The predicted octanol–water partition coefficient (Wildman–Crippen LogP) is 10.2. The van der Waals surface area contributed by atoms with Crippen molar-refractivity contribution >= 4 is 0 Å². The molecule has 0 heterocycles. The predicted molar refractivity (Wildman–Crippen MR) is 142 cm³/mol. The van der Waals surface area contributed by atoms with Gasteiger partial charge in [-0.05, 0) is 128 Å². The van der Waals surface area contributed by atoms with Gasteiger partial charge in [0.1, 0.15) is 5.82 Å². The van der Waals surface area contributed by atoms with Gasteiger partial charge >= 0.3 is 0 Å². The molecule has 0 unspecified atom stereocenters. The van der Waals surface area contributed by atoms with E-state index in [4.69, 9.17) is 0 Å². The first kappa shape index (κ1) is 24.1. The molecule has 3 saturated carbocycles. The lowest BCUT2D eigenvalue weighted by atomic mass is 9.74. The number of hydrogen-bond acceptors (Lipinski definition) is 0.